The van der Waals surface area contributed by atoms with Crippen LogP contribution in [0.1, 0.15) is 34.6 Å². The lowest BCUT2D eigenvalue weighted by molar-refractivity contribution is -0.151. The number of hydrogen-bond acceptors (Lipinski definition) is 2. The van der Waals surface area contributed by atoms with Crippen LogP contribution in [0.3, 0.4) is 0 Å². The Morgan fingerprint density at radius 2 is 1.65 bits per heavy atom. The van der Waals surface area contributed by atoms with E-state index < -0.39 is 16.9 Å². The number of carboxylic acids is 1. The van der Waals surface area contributed by atoms with Gasteiger partial charge in [0.05, 0.1) is 11.0 Å². The number of carbonyl (C=O) groups is 2. The normalized spacial score (nSPS) is 13.2. The Labute approximate surface area is 102 Å². The maximum Gasteiger partial charge on any atom is 0.311 e. The second-order valence-electron chi connectivity index (χ2n) is 4.93. The molecule has 0 aromatic heterocycles. The summed E-state index contributed by atoms with van der Waals surface area (Å²) in [5, 5.41) is 11.8. The van der Waals surface area contributed by atoms with Gasteiger partial charge in [-0.2, -0.15) is 0 Å². The van der Waals surface area contributed by atoms with Crippen LogP contribution < -0.4 is 5.32 Å². The highest BCUT2D eigenvalue weighted by Crippen LogP contribution is 2.30. The SMILES string of the molecule is C/C=C/C=CC(=O)NC(C)(C)C(C)(C)C(=O)O. The largest absolute Gasteiger partial charge is 0.481 e. The van der Waals surface area contributed by atoms with Crippen LogP contribution >= 0.6 is 0 Å². The van der Waals surface area contributed by atoms with Crippen molar-refractivity contribution in [3.05, 3.63) is 24.3 Å². The predicted octanol–water partition coefficient (Wildman–Crippen LogP) is 2.12. The minimum atomic E-state index is -1.04. The standard InChI is InChI=1S/C13H21NO3/c1-6-7-8-9-10(15)14-13(4,5)12(2,3)11(16)17/h6-9H,1-5H3,(H,14,15)(H,16,17)/b7-6+,9-8?. The van der Waals surface area contributed by atoms with Gasteiger partial charge in [0.25, 0.3) is 0 Å². The summed E-state index contributed by atoms with van der Waals surface area (Å²) < 4.78 is 0. The number of nitrogens with one attached hydrogen (secondary N) is 1. The van der Waals surface area contributed by atoms with E-state index in [1.807, 2.05) is 6.92 Å². The van der Waals surface area contributed by atoms with Crippen LogP contribution in [0.25, 0.3) is 0 Å². The van der Waals surface area contributed by atoms with Crippen LogP contribution in [0.5, 0.6) is 0 Å². The lowest BCUT2D eigenvalue weighted by Crippen LogP contribution is -2.56. The monoisotopic (exact) mass is 239 g/mol. The molecular formula is C13H21NO3. The van der Waals surface area contributed by atoms with Crippen LogP contribution in [0.2, 0.25) is 0 Å². The van der Waals surface area contributed by atoms with Crippen molar-refractivity contribution in [1.82, 2.24) is 5.32 Å². The second-order valence-corrected chi connectivity index (χ2v) is 4.93. The molecule has 96 valence electrons. The summed E-state index contributed by atoms with van der Waals surface area (Å²) in [4.78, 5) is 22.7. The molecule has 0 atom stereocenters. The molecule has 0 saturated heterocycles. The maximum absolute atomic E-state index is 11.6. The van der Waals surface area contributed by atoms with Gasteiger partial charge in [-0.15, -0.1) is 0 Å². The first-order chi connectivity index (χ1) is 7.65. The number of rotatable bonds is 5. The predicted molar refractivity (Wildman–Crippen MR) is 67.6 cm³/mol. The van der Waals surface area contributed by atoms with E-state index in [0.717, 1.165) is 0 Å². The van der Waals surface area contributed by atoms with Crippen LogP contribution in [0, 0.1) is 5.41 Å². The van der Waals surface area contributed by atoms with Crippen molar-refractivity contribution in [3.63, 3.8) is 0 Å². The highest BCUT2D eigenvalue weighted by atomic mass is 16.4. The number of amides is 1. The molecule has 4 heteroatoms. The second kappa shape index (κ2) is 5.66. The van der Waals surface area contributed by atoms with Gasteiger partial charge in [0.15, 0.2) is 0 Å². The molecule has 0 rings (SSSR count). The van der Waals surface area contributed by atoms with E-state index in [4.69, 9.17) is 5.11 Å². The molecule has 2 N–H and O–H groups in total. The molecule has 4 nitrogen and oxygen atoms in total. The van der Waals surface area contributed by atoms with Gasteiger partial charge in [-0.05, 0) is 34.6 Å². The van der Waals surface area contributed by atoms with Crippen molar-refractivity contribution in [1.29, 1.82) is 0 Å². The summed E-state index contributed by atoms with van der Waals surface area (Å²) in [5.41, 5.74) is -1.88. The first-order valence-electron chi connectivity index (χ1n) is 5.50. The van der Waals surface area contributed by atoms with E-state index in [-0.39, 0.29) is 5.91 Å². The van der Waals surface area contributed by atoms with Gasteiger partial charge in [-0.25, -0.2) is 0 Å². The van der Waals surface area contributed by atoms with E-state index in [1.54, 1.807) is 45.9 Å². The molecule has 0 aromatic carbocycles. The van der Waals surface area contributed by atoms with Crippen molar-refractivity contribution in [2.75, 3.05) is 0 Å². The number of aliphatic carboxylic acids is 1. The topological polar surface area (TPSA) is 66.4 Å². The maximum atomic E-state index is 11.6. The summed E-state index contributed by atoms with van der Waals surface area (Å²) in [6.45, 7) is 8.42. The van der Waals surface area contributed by atoms with Crippen LogP contribution in [-0.2, 0) is 9.59 Å². The Hall–Kier alpha value is -1.58. The van der Waals surface area contributed by atoms with E-state index in [2.05, 4.69) is 5.32 Å². The Morgan fingerprint density at radius 1 is 1.12 bits per heavy atom. The quantitative estimate of drug-likeness (QED) is 0.570. The number of allylic oxidation sites excluding steroid dienone is 3. The van der Waals surface area contributed by atoms with Gasteiger partial charge in [0, 0.05) is 6.08 Å². The molecule has 0 spiro atoms. The molecule has 17 heavy (non-hydrogen) atoms. The van der Waals surface area contributed by atoms with Crippen molar-refractivity contribution in [2.24, 2.45) is 5.41 Å². The average Bonchev–Trinajstić information content (AvgIpc) is 2.16. The Kier molecular flexibility index (Phi) is 5.13. The van der Waals surface area contributed by atoms with Gasteiger partial charge in [-0.1, -0.05) is 18.2 Å². The van der Waals surface area contributed by atoms with Crippen LogP contribution in [-0.4, -0.2) is 22.5 Å². The summed E-state index contributed by atoms with van der Waals surface area (Å²) in [5.74, 6) is -1.25. The number of carbonyl (C=O) groups excluding carboxylic acids is 1. The van der Waals surface area contributed by atoms with Gasteiger partial charge in [0.2, 0.25) is 5.91 Å². The Bertz CT molecular complexity index is 352. The molecular weight excluding hydrogens is 218 g/mol. The highest BCUT2D eigenvalue weighted by Gasteiger charge is 2.44. The summed E-state index contributed by atoms with van der Waals surface area (Å²) >= 11 is 0. The van der Waals surface area contributed by atoms with Gasteiger partial charge >= 0.3 is 5.97 Å². The minimum absolute atomic E-state index is 0.303. The number of carboxylic acid groups (broad SMARTS) is 1. The van der Waals surface area contributed by atoms with Gasteiger partial charge in [0.1, 0.15) is 0 Å². The van der Waals surface area contributed by atoms with E-state index in [0.29, 0.717) is 0 Å². The fraction of sp³-hybridized carbons (Fsp3) is 0.538. The summed E-state index contributed by atoms with van der Waals surface area (Å²) in [7, 11) is 0. The number of hydrogen-bond donors (Lipinski definition) is 2. The van der Waals surface area contributed by atoms with Crippen molar-refractivity contribution in [2.45, 2.75) is 40.2 Å². The zero-order valence-corrected chi connectivity index (χ0v) is 11.1. The third-order valence-electron chi connectivity index (χ3n) is 3.08. The van der Waals surface area contributed by atoms with Gasteiger partial charge < -0.3 is 10.4 Å². The average molecular weight is 239 g/mol. The summed E-state index contributed by atoms with van der Waals surface area (Å²) in [6.07, 6.45) is 6.52. The van der Waals surface area contributed by atoms with Crippen molar-refractivity contribution in [3.8, 4) is 0 Å². The Balaban J connectivity index is 4.76. The fourth-order valence-corrected chi connectivity index (χ4v) is 1.03. The Morgan fingerprint density at radius 3 is 2.06 bits per heavy atom. The highest BCUT2D eigenvalue weighted by molar-refractivity contribution is 5.89. The van der Waals surface area contributed by atoms with Gasteiger partial charge in [-0.3, -0.25) is 9.59 Å². The van der Waals surface area contributed by atoms with E-state index >= 15 is 0 Å². The van der Waals surface area contributed by atoms with Crippen molar-refractivity contribution >= 4 is 11.9 Å². The van der Waals surface area contributed by atoms with Crippen LogP contribution in [0.4, 0.5) is 0 Å². The minimum Gasteiger partial charge on any atom is -0.481 e. The molecule has 0 aliphatic carbocycles. The molecule has 0 bridgehead atoms. The molecule has 0 aliphatic rings. The fourth-order valence-electron chi connectivity index (χ4n) is 1.03. The molecule has 0 fully saturated rings. The zero-order valence-electron chi connectivity index (χ0n) is 11.1. The van der Waals surface area contributed by atoms with E-state index in [1.165, 1.54) is 6.08 Å². The third kappa shape index (κ3) is 4.06. The molecule has 0 radical (unpaired) electrons. The molecule has 0 saturated carbocycles. The molecule has 0 aromatic rings. The smallest absolute Gasteiger partial charge is 0.311 e. The zero-order chi connectivity index (χ0) is 13.7. The molecule has 0 aliphatic heterocycles. The van der Waals surface area contributed by atoms with Crippen molar-refractivity contribution < 1.29 is 14.7 Å². The lowest BCUT2D eigenvalue weighted by atomic mass is 9.74. The first-order valence-corrected chi connectivity index (χ1v) is 5.50. The van der Waals surface area contributed by atoms with Crippen LogP contribution in [0.15, 0.2) is 24.3 Å². The van der Waals surface area contributed by atoms with E-state index in [9.17, 15) is 9.59 Å². The summed E-state index contributed by atoms with van der Waals surface area (Å²) in [6, 6.07) is 0. The lowest BCUT2D eigenvalue weighted by Gasteiger charge is -2.38. The molecule has 0 heterocycles. The third-order valence-corrected chi connectivity index (χ3v) is 3.08. The molecule has 1 amide bonds. The molecule has 0 unspecified atom stereocenters. The first kappa shape index (κ1) is 15.4.